The fourth-order valence-corrected chi connectivity index (χ4v) is 6.70. The van der Waals surface area contributed by atoms with E-state index < -0.39 is 12.0 Å². The number of hydrogen-bond donors (Lipinski definition) is 0. The molecule has 1 aliphatic rings. The summed E-state index contributed by atoms with van der Waals surface area (Å²) < 4.78 is 19.9. The number of allylic oxidation sites excluding steroid dienone is 1. The molecule has 0 radical (unpaired) electrons. The van der Waals surface area contributed by atoms with Crippen LogP contribution in [0.15, 0.2) is 81.7 Å². The maximum Gasteiger partial charge on any atom is 0.338 e. The van der Waals surface area contributed by atoms with Crippen molar-refractivity contribution in [3.63, 3.8) is 0 Å². The third-order valence-corrected chi connectivity index (χ3v) is 8.75. The number of thiazole rings is 1. The van der Waals surface area contributed by atoms with Gasteiger partial charge in [-0.05, 0) is 78.8 Å². The van der Waals surface area contributed by atoms with E-state index in [2.05, 4.69) is 33.7 Å². The number of carbonyl (C=O) groups excluding carboxylic acids is 1. The van der Waals surface area contributed by atoms with Gasteiger partial charge in [0.05, 0.1) is 50.8 Å². The summed E-state index contributed by atoms with van der Waals surface area (Å²) in [5.74, 6) is 0.553. The zero-order chi connectivity index (χ0) is 30.7. The van der Waals surface area contributed by atoms with Crippen LogP contribution in [0.25, 0.3) is 6.08 Å². The largest absolute Gasteiger partial charge is 0.493 e. The Morgan fingerprint density at radius 3 is 2.60 bits per heavy atom. The van der Waals surface area contributed by atoms with Crippen molar-refractivity contribution in [2.75, 3.05) is 13.7 Å². The summed E-state index contributed by atoms with van der Waals surface area (Å²) in [4.78, 5) is 32.2. The standard InChI is InChI=1S/C33H28IN3O5S/c1-5-41-32(39)28-20(3)36-33-37(29(28)22-12-10-19(2)11-13-22)31(38)27(43-33)16-21-14-25(34)30(26(15-21)40-4)42-18-24-9-7-6-8-23(24)17-35/h6-16,29H,5,18H2,1-4H3/b27-16+/t29-/m0/s1. The predicted octanol–water partition coefficient (Wildman–Crippen LogP) is 5.17. The lowest BCUT2D eigenvalue weighted by Crippen LogP contribution is -2.39. The van der Waals surface area contributed by atoms with Crippen LogP contribution in [-0.2, 0) is 16.1 Å². The minimum Gasteiger partial charge on any atom is -0.493 e. The highest BCUT2D eigenvalue weighted by molar-refractivity contribution is 14.1. The van der Waals surface area contributed by atoms with Crippen LogP contribution in [0.2, 0.25) is 0 Å². The molecular weight excluding hydrogens is 677 g/mol. The Balaban J connectivity index is 1.57. The van der Waals surface area contributed by atoms with Crippen LogP contribution in [0.3, 0.4) is 0 Å². The Labute approximate surface area is 266 Å². The topological polar surface area (TPSA) is 103 Å². The number of carbonyl (C=O) groups is 1. The lowest BCUT2D eigenvalue weighted by molar-refractivity contribution is -0.139. The average Bonchev–Trinajstić information content (AvgIpc) is 3.30. The number of benzene rings is 3. The molecule has 218 valence electrons. The van der Waals surface area contributed by atoms with Crippen LogP contribution in [0.5, 0.6) is 11.5 Å². The maximum atomic E-state index is 14.0. The summed E-state index contributed by atoms with van der Waals surface area (Å²) in [7, 11) is 1.56. The molecular formula is C33H28IN3O5S. The first-order chi connectivity index (χ1) is 20.7. The molecule has 1 aliphatic heterocycles. The molecule has 3 aromatic carbocycles. The summed E-state index contributed by atoms with van der Waals surface area (Å²) in [5.41, 5.74) is 4.54. The number of ether oxygens (including phenoxy) is 3. The first-order valence-corrected chi connectivity index (χ1v) is 15.4. The van der Waals surface area contributed by atoms with Gasteiger partial charge in [-0.1, -0.05) is 59.4 Å². The quantitative estimate of drug-likeness (QED) is 0.185. The molecule has 1 atom stereocenters. The Bertz CT molecular complexity index is 1970. The minimum absolute atomic E-state index is 0.204. The van der Waals surface area contributed by atoms with Gasteiger partial charge in [-0.3, -0.25) is 9.36 Å². The van der Waals surface area contributed by atoms with E-state index in [9.17, 15) is 14.9 Å². The van der Waals surface area contributed by atoms with E-state index in [0.717, 1.165) is 25.8 Å². The van der Waals surface area contributed by atoms with E-state index >= 15 is 0 Å². The number of aryl methyl sites for hydroxylation is 1. The minimum atomic E-state index is -0.667. The monoisotopic (exact) mass is 705 g/mol. The van der Waals surface area contributed by atoms with Crippen LogP contribution in [0.1, 0.15) is 47.7 Å². The van der Waals surface area contributed by atoms with Gasteiger partial charge >= 0.3 is 5.97 Å². The third kappa shape index (κ3) is 6.14. The van der Waals surface area contributed by atoms with Gasteiger partial charge in [0.2, 0.25) is 0 Å². The van der Waals surface area contributed by atoms with E-state index in [1.54, 1.807) is 43.7 Å². The molecule has 0 amide bonds. The van der Waals surface area contributed by atoms with Crippen LogP contribution < -0.4 is 24.4 Å². The molecule has 0 N–H and O–H groups in total. The number of fused-ring (bicyclic) bond motifs is 1. The molecule has 2 heterocycles. The molecule has 0 saturated heterocycles. The molecule has 0 bridgehead atoms. The zero-order valence-electron chi connectivity index (χ0n) is 24.0. The summed E-state index contributed by atoms with van der Waals surface area (Å²) in [5, 5.41) is 9.41. The van der Waals surface area contributed by atoms with Crippen molar-refractivity contribution in [2.24, 2.45) is 4.99 Å². The van der Waals surface area contributed by atoms with Crippen LogP contribution in [-0.4, -0.2) is 24.3 Å². The van der Waals surface area contributed by atoms with Gasteiger partial charge in [0, 0.05) is 5.56 Å². The number of nitrogens with zero attached hydrogens (tertiary/aromatic N) is 3. The molecule has 4 aromatic rings. The second-order valence-corrected chi connectivity index (χ2v) is 12.0. The summed E-state index contributed by atoms with van der Waals surface area (Å²) in [6.45, 7) is 5.92. The summed E-state index contributed by atoms with van der Waals surface area (Å²) in [6, 6.07) is 20.3. The van der Waals surface area contributed by atoms with Gasteiger partial charge in [-0.25, -0.2) is 9.79 Å². The van der Waals surface area contributed by atoms with E-state index in [0.29, 0.717) is 37.7 Å². The van der Waals surface area contributed by atoms with Gasteiger partial charge in [-0.15, -0.1) is 0 Å². The zero-order valence-corrected chi connectivity index (χ0v) is 27.0. The summed E-state index contributed by atoms with van der Waals surface area (Å²) >= 11 is 3.43. The normalized spacial score (nSPS) is 14.5. The fraction of sp³-hybridized carbons (Fsp3) is 0.212. The number of esters is 1. The highest BCUT2D eigenvalue weighted by Gasteiger charge is 2.33. The number of aromatic nitrogens is 1. The smallest absolute Gasteiger partial charge is 0.338 e. The highest BCUT2D eigenvalue weighted by Crippen LogP contribution is 2.35. The van der Waals surface area contributed by atoms with Gasteiger partial charge in [0.1, 0.15) is 6.61 Å². The average molecular weight is 706 g/mol. The van der Waals surface area contributed by atoms with Crippen LogP contribution in [0, 0.1) is 21.8 Å². The Kier molecular flexibility index (Phi) is 9.13. The molecule has 8 nitrogen and oxygen atoms in total. The van der Waals surface area contributed by atoms with E-state index in [1.165, 1.54) is 11.3 Å². The van der Waals surface area contributed by atoms with Gasteiger partial charge in [-0.2, -0.15) is 5.26 Å². The number of halogens is 1. The Morgan fingerprint density at radius 2 is 1.91 bits per heavy atom. The Morgan fingerprint density at radius 1 is 1.16 bits per heavy atom. The molecule has 10 heteroatoms. The Hall–Kier alpha value is -4.21. The number of rotatable bonds is 8. The molecule has 0 unspecified atom stereocenters. The molecule has 0 saturated carbocycles. The highest BCUT2D eigenvalue weighted by atomic mass is 127. The van der Waals surface area contributed by atoms with E-state index in [4.69, 9.17) is 14.2 Å². The van der Waals surface area contributed by atoms with Crippen molar-refractivity contribution in [3.8, 4) is 17.6 Å². The van der Waals surface area contributed by atoms with Gasteiger partial charge in [0.25, 0.3) is 5.56 Å². The van der Waals surface area contributed by atoms with Crippen molar-refractivity contribution >= 4 is 46.0 Å². The number of methoxy groups -OCH3 is 1. The predicted molar refractivity (Wildman–Crippen MR) is 173 cm³/mol. The van der Waals surface area contributed by atoms with E-state index in [-0.39, 0.29) is 18.8 Å². The lowest BCUT2D eigenvalue weighted by atomic mass is 9.95. The van der Waals surface area contributed by atoms with Crippen LogP contribution in [0.4, 0.5) is 0 Å². The molecule has 0 spiro atoms. The molecule has 0 aliphatic carbocycles. The first kappa shape index (κ1) is 30.3. The van der Waals surface area contributed by atoms with Crippen molar-refractivity contribution in [3.05, 3.63) is 123 Å². The second kappa shape index (κ2) is 13.0. The van der Waals surface area contributed by atoms with Crippen LogP contribution >= 0.6 is 33.9 Å². The maximum absolute atomic E-state index is 14.0. The molecule has 0 fully saturated rings. The molecule has 1 aromatic heterocycles. The third-order valence-electron chi connectivity index (χ3n) is 6.97. The number of hydrogen-bond acceptors (Lipinski definition) is 8. The van der Waals surface area contributed by atoms with Crippen molar-refractivity contribution in [1.29, 1.82) is 5.26 Å². The van der Waals surface area contributed by atoms with Gasteiger partial charge < -0.3 is 14.2 Å². The molecule has 43 heavy (non-hydrogen) atoms. The SMILES string of the molecule is CCOC(=O)C1=C(C)N=c2s/c(=C/c3cc(I)c(OCc4ccccc4C#N)c(OC)c3)c(=O)n2[C@H]1c1ccc(C)cc1. The summed E-state index contributed by atoms with van der Waals surface area (Å²) in [6.07, 6.45) is 1.79. The molecule has 5 rings (SSSR count). The van der Waals surface area contributed by atoms with Crippen molar-refractivity contribution < 1.29 is 19.0 Å². The van der Waals surface area contributed by atoms with Crippen molar-refractivity contribution in [1.82, 2.24) is 4.57 Å². The second-order valence-electron chi connectivity index (χ2n) is 9.80. The first-order valence-electron chi connectivity index (χ1n) is 13.5. The van der Waals surface area contributed by atoms with Crippen molar-refractivity contribution in [2.45, 2.75) is 33.4 Å². The fourth-order valence-electron chi connectivity index (χ4n) is 4.88. The lowest BCUT2D eigenvalue weighted by Gasteiger charge is -2.24. The van der Waals surface area contributed by atoms with Gasteiger partial charge in [0.15, 0.2) is 16.3 Å². The number of nitriles is 1. The van der Waals surface area contributed by atoms with E-state index in [1.807, 2.05) is 55.5 Å².